The van der Waals surface area contributed by atoms with Crippen molar-refractivity contribution in [3.05, 3.63) is 76.0 Å². The highest BCUT2D eigenvalue weighted by Gasteiger charge is 2.49. The van der Waals surface area contributed by atoms with Crippen LogP contribution in [0.25, 0.3) is 5.57 Å². The number of esters is 1. The van der Waals surface area contributed by atoms with Crippen molar-refractivity contribution in [1.29, 1.82) is 0 Å². The van der Waals surface area contributed by atoms with E-state index in [2.05, 4.69) is 12.1 Å². The summed E-state index contributed by atoms with van der Waals surface area (Å²) in [5.74, 6) is 0.665. The van der Waals surface area contributed by atoms with Gasteiger partial charge >= 0.3 is 5.97 Å². The van der Waals surface area contributed by atoms with Crippen LogP contribution in [0.5, 0.6) is 0 Å². The van der Waals surface area contributed by atoms with Gasteiger partial charge in [-0.3, -0.25) is 13.9 Å². The first kappa shape index (κ1) is 25.1. The topological polar surface area (TPSA) is 46.6 Å². The number of aryl methyl sites for hydroxylation is 3. The minimum atomic E-state index is -0.775. The summed E-state index contributed by atoms with van der Waals surface area (Å²) in [6, 6.07) is 14.2. The zero-order chi connectivity index (χ0) is 24.6. The highest BCUT2D eigenvalue weighted by atomic mass is 32.2. The second-order valence-electron chi connectivity index (χ2n) is 10.6. The van der Waals surface area contributed by atoms with Crippen LogP contribution in [0, 0.1) is 26.2 Å². The van der Waals surface area contributed by atoms with E-state index >= 15 is 0 Å². The second-order valence-corrected chi connectivity index (χ2v) is 11.5. The summed E-state index contributed by atoms with van der Waals surface area (Å²) in [6.45, 7) is 16.0. The van der Waals surface area contributed by atoms with Crippen molar-refractivity contribution in [1.82, 2.24) is 4.31 Å². The second kappa shape index (κ2) is 9.38. The van der Waals surface area contributed by atoms with Crippen LogP contribution in [0.3, 0.4) is 0 Å². The zero-order valence-corrected chi connectivity index (χ0v) is 21.9. The molecule has 0 unspecified atom stereocenters. The van der Waals surface area contributed by atoms with Crippen molar-refractivity contribution < 1.29 is 14.3 Å². The lowest BCUT2D eigenvalue weighted by atomic mass is 9.91. The Hall–Kier alpha value is -2.53. The number of rotatable bonds is 6. The molecule has 5 heteroatoms. The van der Waals surface area contributed by atoms with Crippen molar-refractivity contribution in [2.75, 3.05) is 0 Å². The first-order valence-electron chi connectivity index (χ1n) is 11.4. The van der Waals surface area contributed by atoms with Crippen molar-refractivity contribution in [3.8, 4) is 0 Å². The molecule has 0 N–H and O–H groups in total. The number of hydrogen-bond acceptors (Lipinski definition) is 4. The fourth-order valence-electron chi connectivity index (χ4n) is 4.34. The molecule has 0 bridgehead atoms. The van der Waals surface area contributed by atoms with E-state index in [4.69, 9.17) is 4.74 Å². The van der Waals surface area contributed by atoms with Crippen LogP contribution in [0.1, 0.15) is 68.9 Å². The SMILES string of the molecule is Cc1cc(C)c(C2=C(OC(=O)CC(C)(C)C)C(C)(C)N(SCc3ccccc3)C2=O)c(C)c1. The molecule has 1 aliphatic rings. The van der Waals surface area contributed by atoms with E-state index in [9.17, 15) is 9.59 Å². The van der Waals surface area contributed by atoms with Crippen LogP contribution in [-0.2, 0) is 20.1 Å². The number of nitrogens with zero attached hydrogens (tertiary/aromatic N) is 1. The van der Waals surface area contributed by atoms with E-state index in [0.29, 0.717) is 17.1 Å². The fraction of sp³-hybridized carbons (Fsp3) is 0.429. The zero-order valence-electron chi connectivity index (χ0n) is 21.0. The molecule has 1 amide bonds. The summed E-state index contributed by atoms with van der Waals surface area (Å²) in [7, 11) is 0. The summed E-state index contributed by atoms with van der Waals surface area (Å²) in [5, 5.41) is 0. The third-order valence-corrected chi connectivity index (χ3v) is 7.05. The molecule has 2 aromatic rings. The van der Waals surface area contributed by atoms with Gasteiger partial charge < -0.3 is 4.74 Å². The van der Waals surface area contributed by atoms with Gasteiger partial charge in [0.2, 0.25) is 0 Å². The Kier molecular flexibility index (Phi) is 7.13. The molecule has 0 aromatic heterocycles. The molecule has 2 aromatic carbocycles. The lowest BCUT2D eigenvalue weighted by Gasteiger charge is -2.32. The van der Waals surface area contributed by atoms with E-state index < -0.39 is 5.54 Å². The molecule has 0 aliphatic carbocycles. The van der Waals surface area contributed by atoms with Crippen LogP contribution >= 0.6 is 11.9 Å². The molecule has 0 saturated carbocycles. The smallest absolute Gasteiger partial charge is 0.311 e. The fourth-order valence-corrected chi connectivity index (χ4v) is 5.42. The van der Waals surface area contributed by atoms with Gasteiger partial charge in [0.1, 0.15) is 11.3 Å². The molecule has 0 radical (unpaired) electrons. The summed E-state index contributed by atoms with van der Waals surface area (Å²) in [6.07, 6.45) is 0.275. The third-order valence-electron chi connectivity index (χ3n) is 5.71. The Balaban J connectivity index is 2.06. The van der Waals surface area contributed by atoms with E-state index in [1.54, 1.807) is 4.31 Å². The highest BCUT2D eigenvalue weighted by Crippen LogP contribution is 2.46. The van der Waals surface area contributed by atoms with Crippen molar-refractivity contribution in [3.63, 3.8) is 0 Å². The van der Waals surface area contributed by atoms with Crippen LogP contribution in [0.2, 0.25) is 0 Å². The van der Waals surface area contributed by atoms with Crippen LogP contribution in [0.4, 0.5) is 0 Å². The third kappa shape index (κ3) is 5.52. The van der Waals surface area contributed by atoms with Gasteiger partial charge in [0.05, 0.1) is 12.0 Å². The standard InChI is InChI=1S/C28H35NO3S/c1-18-14-19(2)23(20(3)15-18)24-25(32-22(30)16-27(4,5)6)28(7,8)29(26(24)31)33-17-21-12-10-9-11-13-21/h9-15H,16-17H2,1-8H3. The Morgan fingerprint density at radius 1 is 1.03 bits per heavy atom. The summed E-state index contributed by atoms with van der Waals surface area (Å²) >= 11 is 1.46. The predicted molar refractivity (Wildman–Crippen MR) is 136 cm³/mol. The lowest BCUT2D eigenvalue weighted by Crippen LogP contribution is -2.39. The van der Waals surface area contributed by atoms with E-state index in [1.807, 2.05) is 85.7 Å². The molecule has 4 nitrogen and oxygen atoms in total. The summed E-state index contributed by atoms with van der Waals surface area (Å²) in [4.78, 5) is 26.8. The first-order valence-corrected chi connectivity index (χ1v) is 12.3. The molecule has 176 valence electrons. The first-order chi connectivity index (χ1) is 15.3. The van der Waals surface area contributed by atoms with Crippen molar-refractivity contribution in [2.45, 2.75) is 73.1 Å². The normalized spacial score (nSPS) is 15.9. The number of amides is 1. The van der Waals surface area contributed by atoms with Gasteiger partial charge in [-0.05, 0) is 74.2 Å². The predicted octanol–water partition coefficient (Wildman–Crippen LogP) is 6.77. The van der Waals surface area contributed by atoms with Crippen LogP contribution in [-0.4, -0.2) is 21.7 Å². The largest absolute Gasteiger partial charge is 0.428 e. The molecule has 33 heavy (non-hydrogen) atoms. The molecular formula is C28H35NO3S. The molecule has 3 rings (SSSR count). The Morgan fingerprint density at radius 3 is 2.15 bits per heavy atom. The molecule has 1 aliphatic heterocycles. The van der Waals surface area contributed by atoms with Crippen molar-refractivity contribution in [2.24, 2.45) is 5.41 Å². The average molecular weight is 466 g/mol. The molecule has 0 fully saturated rings. The maximum atomic E-state index is 13.9. The highest BCUT2D eigenvalue weighted by molar-refractivity contribution is 7.96. The van der Waals surface area contributed by atoms with Gasteiger partial charge in [0.25, 0.3) is 5.91 Å². The summed E-state index contributed by atoms with van der Waals surface area (Å²) in [5.41, 5.74) is 4.66. The van der Waals surface area contributed by atoms with Gasteiger partial charge in [0.15, 0.2) is 0 Å². The maximum Gasteiger partial charge on any atom is 0.311 e. The Morgan fingerprint density at radius 2 is 1.61 bits per heavy atom. The van der Waals surface area contributed by atoms with E-state index in [0.717, 1.165) is 27.8 Å². The Labute approximate surface area is 202 Å². The van der Waals surface area contributed by atoms with Gasteiger partial charge in [-0.25, -0.2) is 0 Å². The average Bonchev–Trinajstić information content (AvgIpc) is 2.85. The number of carbonyl (C=O) groups is 2. The number of hydrogen-bond donors (Lipinski definition) is 0. The lowest BCUT2D eigenvalue weighted by molar-refractivity contribution is -0.143. The van der Waals surface area contributed by atoms with Crippen molar-refractivity contribution >= 4 is 29.4 Å². The Bertz CT molecular complexity index is 1070. The number of carbonyl (C=O) groups excluding carboxylic acids is 2. The van der Waals surface area contributed by atoms with Gasteiger partial charge in [-0.2, -0.15) is 0 Å². The van der Waals surface area contributed by atoms with Gasteiger partial charge in [0, 0.05) is 5.75 Å². The quantitative estimate of drug-likeness (QED) is 0.349. The van der Waals surface area contributed by atoms with E-state index in [-0.39, 0.29) is 23.7 Å². The summed E-state index contributed by atoms with van der Waals surface area (Å²) < 4.78 is 7.80. The minimum absolute atomic E-state index is 0.116. The van der Waals surface area contributed by atoms with Crippen LogP contribution < -0.4 is 0 Å². The van der Waals surface area contributed by atoms with Gasteiger partial charge in [-0.15, -0.1) is 0 Å². The molecule has 1 heterocycles. The van der Waals surface area contributed by atoms with Gasteiger partial charge in [-0.1, -0.05) is 68.8 Å². The van der Waals surface area contributed by atoms with E-state index in [1.165, 1.54) is 11.9 Å². The molecule has 0 atom stereocenters. The molecule has 0 saturated heterocycles. The minimum Gasteiger partial charge on any atom is -0.428 e. The number of ether oxygens (including phenoxy) is 1. The molecular weight excluding hydrogens is 430 g/mol. The monoisotopic (exact) mass is 465 g/mol. The number of benzene rings is 2. The molecule has 0 spiro atoms. The van der Waals surface area contributed by atoms with Crippen LogP contribution in [0.15, 0.2) is 48.2 Å². The maximum absolute atomic E-state index is 13.9.